The third kappa shape index (κ3) is 5.21. The van der Waals surface area contributed by atoms with Crippen LogP contribution in [-0.4, -0.2) is 48.8 Å². The van der Waals surface area contributed by atoms with Crippen LogP contribution in [-0.2, 0) is 0 Å². The minimum absolute atomic E-state index is 0.145. The van der Waals surface area contributed by atoms with Crippen LogP contribution in [0.1, 0.15) is 19.3 Å². The molecule has 1 atom stereocenters. The summed E-state index contributed by atoms with van der Waals surface area (Å²) in [6, 6.07) is 0.145. The molecule has 6 N–H and O–H groups in total. The van der Waals surface area contributed by atoms with Gasteiger partial charge >= 0.3 is 0 Å². The smallest absolute Gasteiger partial charge is 0.112 e. The SMILES string of the molecule is C=CCC(C(N)(CC=C)CC=C)[N+](CC=C)(CCN)CCN. The molecule has 4 nitrogen and oxygen atoms in total. The first-order valence-electron chi connectivity index (χ1n) is 7.98. The van der Waals surface area contributed by atoms with Crippen molar-refractivity contribution in [3.63, 3.8) is 0 Å². The number of hydrogen-bond donors (Lipinski definition) is 3. The molecular weight excluding hydrogens is 272 g/mol. The highest BCUT2D eigenvalue weighted by Gasteiger charge is 2.46. The molecule has 0 spiro atoms. The van der Waals surface area contributed by atoms with E-state index in [1.807, 2.05) is 24.3 Å². The molecule has 0 bridgehead atoms. The maximum Gasteiger partial charge on any atom is 0.112 e. The summed E-state index contributed by atoms with van der Waals surface area (Å²) in [5.41, 5.74) is 18.2. The summed E-state index contributed by atoms with van der Waals surface area (Å²) in [6.07, 6.45) is 9.85. The van der Waals surface area contributed by atoms with E-state index >= 15 is 0 Å². The molecule has 0 fully saturated rings. The molecule has 0 radical (unpaired) electrons. The van der Waals surface area contributed by atoms with Gasteiger partial charge in [-0.25, -0.2) is 0 Å². The summed E-state index contributed by atoms with van der Waals surface area (Å²) < 4.78 is 0.737. The van der Waals surface area contributed by atoms with E-state index in [1.54, 1.807) is 0 Å². The summed E-state index contributed by atoms with van der Waals surface area (Å²) in [7, 11) is 0. The van der Waals surface area contributed by atoms with Gasteiger partial charge in [0, 0.05) is 19.5 Å². The van der Waals surface area contributed by atoms with E-state index in [0.29, 0.717) is 25.9 Å². The number of quaternary nitrogens is 1. The van der Waals surface area contributed by atoms with Gasteiger partial charge in [0.15, 0.2) is 0 Å². The Labute approximate surface area is 136 Å². The van der Waals surface area contributed by atoms with Crippen LogP contribution in [0.15, 0.2) is 50.6 Å². The van der Waals surface area contributed by atoms with Gasteiger partial charge in [0.05, 0.1) is 25.2 Å². The lowest BCUT2D eigenvalue weighted by Crippen LogP contribution is -2.69. The van der Waals surface area contributed by atoms with Crippen molar-refractivity contribution in [1.82, 2.24) is 0 Å². The second kappa shape index (κ2) is 10.5. The average molecular weight is 308 g/mol. The van der Waals surface area contributed by atoms with Crippen molar-refractivity contribution in [2.75, 3.05) is 32.7 Å². The van der Waals surface area contributed by atoms with Crippen molar-refractivity contribution >= 4 is 0 Å². The Morgan fingerprint density at radius 2 is 1.36 bits per heavy atom. The van der Waals surface area contributed by atoms with Crippen LogP contribution in [0.25, 0.3) is 0 Å². The van der Waals surface area contributed by atoms with Crippen molar-refractivity contribution in [3.8, 4) is 0 Å². The van der Waals surface area contributed by atoms with E-state index in [0.717, 1.165) is 30.5 Å². The second-order valence-electron chi connectivity index (χ2n) is 5.97. The second-order valence-corrected chi connectivity index (χ2v) is 5.97. The fraction of sp³-hybridized carbons (Fsp3) is 0.556. The molecule has 126 valence electrons. The Morgan fingerprint density at radius 3 is 1.68 bits per heavy atom. The molecule has 0 rings (SSSR count). The molecule has 0 amide bonds. The monoisotopic (exact) mass is 307 g/mol. The fourth-order valence-corrected chi connectivity index (χ4v) is 3.56. The van der Waals surface area contributed by atoms with E-state index in [1.165, 1.54) is 0 Å². The van der Waals surface area contributed by atoms with Crippen LogP contribution in [0.2, 0.25) is 0 Å². The quantitative estimate of drug-likeness (QED) is 0.338. The van der Waals surface area contributed by atoms with Crippen molar-refractivity contribution in [2.24, 2.45) is 17.2 Å². The minimum atomic E-state index is -0.439. The molecular formula is C18H35N4+. The van der Waals surface area contributed by atoms with Crippen molar-refractivity contribution in [3.05, 3.63) is 50.6 Å². The van der Waals surface area contributed by atoms with Crippen LogP contribution in [0.4, 0.5) is 0 Å². The zero-order valence-electron chi connectivity index (χ0n) is 14.1. The van der Waals surface area contributed by atoms with Gasteiger partial charge in [-0.1, -0.05) is 24.8 Å². The van der Waals surface area contributed by atoms with Gasteiger partial charge in [-0.3, -0.25) is 0 Å². The summed E-state index contributed by atoms with van der Waals surface area (Å²) in [5, 5.41) is 0. The van der Waals surface area contributed by atoms with Crippen LogP contribution in [0.3, 0.4) is 0 Å². The van der Waals surface area contributed by atoms with E-state index in [2.05, 4.69) is 26.3 Å². The predicted molar refractivity (Wildman–Crippen MR) is 98.3 cm³/mol. The molecule has 22 heavy (non-hydrogen) atoms. The maximum absolute atomic E-state index is 6.80. The molecule has 0 aromatic rings. The van der Waals surface area contributed by atoms with Crippen LogP contribution in [0.5, 0.6) is 0 Å². The van der Waals surface area contributed by atoms with Gasteiger partial charge < -0.3 is 21.7 Å². The normalized spacial score (nSPS) is 13.4. The van der Waals surface area contributed by atoms with Crippen LogP contribution >= 0.6 is 0 Å². The van der Waals surface area contributed by atoms with Crippen molar-refractivity contribution < 1.29 is 4.48 Å². The summed E-state index contributed by atoms with van der Waals surface area (Å²) in [6.45, 7) is 19.2. The fourth-order valence-electron chi connectivity index (χ4n) is 3.56. The Balaban J connectivity index is 5.93. The van der Waals surface area contributed by atoms with Gasteiger partial charge in [0.1, 0.15) is 6.04 Å². The van der Waals surface area contributed by atoms with Gasteiger partial charge in [0.2, 0.25) is 0 Å². The molecule has 0 aromatic heterocycles. The zero-order valence-corrected chi connectivity index (χ0v) is 14.1. The van der Waals surface area contributed by atoms with E-state index < -0.39 is 5.54 Å². The summed E-state index contributed by atoms with van der Waals surface area (Å²) in [5.74, 6) is 0. The van der Waals surface area contributed by atoms with Gasteiger partial charge in [-0.2, -0.15) is 0 Å². The van der Waals surface area contributed by atoms with E-state index in [9.17, 15) is 0 Å². The third-order valence-electron chi connectivity index (χ3n) is 4.41. The largest absolute Gasteiger partial charge is 0.326 e. The standard InChI is InChI=1S/C18H35N4/c1-5-9-17(18(21,10-6-2)11-7-3)22(14-8-4,15-12-19)16-13-20/h5-8,17H,1-4,9-16,19-21H2/q+1. The average Bonchev–Trinajstić information content (AvgIpc) is 2.46. The number of rotatable bonds is 14. The number of nitrogens with zero attached hydrogens (tertiary/aromatic N) is 1. The summed E-state index contributed by atoms with van der Waals surface area (Å²) in [4.78, 5) is 0. The molecule has 0 heterocycles. The van der Waals surface area contributed by atoms with Crippen LogP contribution in [0, 0.1) is 0 Å². The Kier molecular flexibility index (Phi) is 9.94. The molecule has 1 unspecified atom stereocenters. The molecule has 0 aliphatic heterocycles. The number of nitrogens with two attached hydrogens (primary N) is 3. The lowest BCUT2D eigenvalue weighted by Gasteiger charge is -2.51. The molecule has 0 aliphatic rings. The van der Waals surface area contributed by atoms with E-state index in [4.69, 9.17) is 17.2 Å². The highest BCUT2D eigenvalue weighted by atomic mass is 15.4. The maximum atomic E-state index is 6.80. The minimum Gasteiger partial charge on any atom is -0.326 e. The Hall–Kier alpha value is -1.20. The van der Waals surface area contributed by atoms with Gasteiger partial charge in [0.25, 0.3) is 0 Å². The highest BCUT2D eigenvalue weighted by Crippen LogP contribution is 2.31. The van der Waals surface area contributed by atoms with Crippen molar-refractivity contribution in [1.29, 1.82) is 0 Å². The van der Waals surface area contributed by atoms with E-state index in [-0.39, 0.29) is 6.04 Å². The molecule has 0 saturated carbocycles. The molecule has 4 heteroatoms. The van der Waals surface area contributed by atoms with Crippen LogP contribution < -0.4 is 17.2 Å². The topological polar surface area (TPSA) is 78.1 Å². The molecule has 0 aliphatic carbocycles. The first-order chi connectivity index (χ1) is 10.5. The number of hydrogen-bond acceptors (Lipinski definition) is 3. The lowest BCUT2D eigenvalue weighted by molar-refractivity contribution is -0.947. The first-order valence-corrected chi connectivity index (χ1v) is 7.98. The predicted octanol–water partition coefficient (Wildman–Crippen LogP) is 1.70. The Morgan fingerprint density at radius 1 is 0.864 bits per heavy atom. The zero-order chi connectivity index (χ0) is 17.1. The Bertz CT molecular complexity index is 346. The highest BCUT2D eigenvalue weighted by molar-refractivity contribution is 5.04. The summed E-state index contributed by atoms with van der Waals surface area (Å²) >= 11 is 0. The first kappa shape index (κ1) is 20.8. The molecule has 0 aromatic carbocycles. The third-order valence-corrected chi connectivity index (χ3v) is 4.41. The van der Waals surface area contributed by atoms with Crippen molar-refractivity contribution in [2.45, 2.75) is 30.8 Å². The lowest BCUT2D eigenvalue weighted by atomic mass is 9.80. The van der Waals surface area contributed by atoms with Gasteiger partial charge in [-0.15, -0.1) is 19.7 Å². The van der Waals surface area contributed by atoms with Gasteiger partial charge in [-0.05, 0) is 18.9 Å². The molecule has 0 saturated heterocycles.